The Kier molecular flexibility index (Phi) is 4.28. The maximum Gasteiger partial charge on any atom is 0.247 e. The first-order valence-electron chi connectivity index (χ1n) is 7.98. The van der Waals surface area contributed by atoms with Crippen molar-refractivity contribution >= 4 is 43.6 Å². The highest BCUT2D eigenvalue weighted by Gasteiger charge is 2.18. The van der Waals surface area contributed by atoms with Gasteiger partial charge in [0, 0.05) is 24.2 Å². The highest BCUT2D eigenvalue weighted by atomic mass is 32.2. The first kappa shape index (κ1) is 17.4. The molecule has 8 nitrogen and oxygen atoms in total. The zero-order valence-electron chi connectivity index (χ0n) is 14.6. The monoisotopic (exact) mass is 400 g/mol. The van der Waals surface area contributed by atoms with E-state index in [4.69, 9.17) is 0 Å². The lowest BCUT2D eigenvalue weighted by Gasteiger charge is -2.20. The van der Waals surface area contributed by atoms with Gasteiger partial charge in [-0.1, -0.05) is 18.2 Å². The van der Waals surface area contributed by atoms with Gasteiger partial charge in [0.15, 0.2) is 5.13 Å². The molecule has 0 aliphatic heterocycles. The molecule has 4 aromatic rings. The number of anilines is 3. The number of thiazole rings is 1. The molecule has 1 N–H and O–H groups in total. The zero-order valence-corrected chi connectivity index (χ0v) is 16.2. The molecule has 138 valence electrons. The van der Waals surface area contributed by atoms with Gasteiger partial charge in [-0.3, -0.25) is 9.62 Å². The summed E-state index contributed by atoms with van der Waals surface area (Å²) in [4.78, 5) is 8.47. The molecule has 1 aromatic carbocycles. The molecule has 0 aliphatic rings. The van der Waals surface area contributed by atoms with Gasteiger partial charge >= 0.3 is 0 Å². The van der Waals surface area contributed by atoms with Crippen LogP contribution >= 0.6 is 11.3 Å². The van der Waals surface area contributed by atoms with Crippen LogP contribution in [0.3, 0.4) is 0 Å². The Hall–Kier alpha value is -2.98. The number of sulfonamides is 1. The van der Waals surface area contributed by atoms with Crippen molar-refractivity contribution in [1.29, 1.82) is 0 Å². The van der Waals surface area contributed by atoms with Crippen LogP contribution < -0.4 is 9.62 Å². The molecule has 3 aromatic heterocycles. The number of aromatic nitrogens is 4. The molecular weight excluding hydrogens is 384 g/mol. The van der Waals surface area contributed by atoms with Gasteiger partial charge in [0.25, 0.3) is 0 Å². The van der Waals surface area contributed by atoms with E-state index in [-0.39, 0.29) is 0 Å². The summed E-state index contributed by atoms with van der Waals surface area (Å²) >= 11 is 1.45. The molecular formula is C17H16N6O2S2. The summed E-state index contributed by atoms with van der Waals surface area (Å²) in [6, 6.07) is 11.1. The van der Waals surface area contributed by atoms with Crippen molar-refractivity contribution in [3.05, 3.63) is 54.2 Å². The van der Waals surface area contributed by atoms with E-state index in [0.29, 0.717) is 16.8 Å². The van der Waals surface area contributed by atoms with Gasteiger partial charge in [0.1, 0.15) is 0 Å². The molecule has 3 heterocycles. The minimum absolute atomic E-state index is 0.406. The second kappa shape index (κ2) is 6.63. The standard InChI is InChI=1S/C17H16N6O2S2/c1-22(27(2,24)25)14-6-4-3-5-13(14)15-8-7-12-11-19-16(21-23(12)15)20-17-18-9-10-26-17/h3-11H,1-2H3,(H,18,20,21). The number of fused-ring (bicyclic) bond motifs is 1. The summed E-state index contributed by atoms with van der Waals surface area (Å²) in [5.74, 6) is 0.406. The van der Waals surface area contributed by atoms with Crippen molar-refractivity contribution in [3.8, 4) is 11.3 Å². The average Bonchev–Trinajstić information content (AvgIpc) is 3.30. The average molecular weight is 400 g/mol. The van der Waals surface area contributed by atoms with Crippen LogP contribution in [0.5, 0.6) is 0 Å². The van der Waals surface area contributed by atoms with Crippen LogP contribution in [0.4, 0.5) is 16.8 Å². The largest absolute Gasteiger partial charge is 0.299 e. The maximum absolute atomic E-state index is 12.0. The second-order valence-corrected chi connectivity index (χ2v) is 8.76. The van der Waals surface area contributed by atoms with Gasteiger partial charge in [-0.05, 0) is 18.2 Å². The van der Waals surface area contributed by atoms with Crippen LogP contribution in [0.15, 0.2) is 54.2 Å². The van der Waals surface area contributed by atoms with E-state index in [1.165, 1.54) is 28.9 Å². The summed E-state index contributed by atoms with van der Waals surface area (Å²) in [6.07, 6.45) is 4.58. The van der Waals surface area contributed by atoms with Crippen molar-refractivity contribution in [2.75, 3.05) is 22.9 Å². The van der Waals surface area contributed by atoms with Crippen molar-refractivity contribution < 1.29 is 8.42 Å². The van der Waals surface area contributed by atoms with Crippen LogP contribution in [0.2, 0.25) is 0 Å². The van der Waals surface area contributed by atoms with Gasteiger partial charge in [0.05, 0.1) is 29.4 Å². The van der Waals surface area contributed by atoms with E-state index < -0.39 is 10.0 Å². The predicted octanol–water partition coefficient (Wildman–Crippen LogP) is 2.99. The maximum atomic E-state index is 12.0. The van der Waals surface area contributed by atoms with Gasteiger partial charge in [-0.15, -0.1) is 16.4 Å². The third-order valence-corrected chi connectivity index (χ3v) is 5.95. The summed E-state index contributed by atoms with van der Waals surface area (Å²) in [5, 5.41) is 10.2. The minimum Gasteiger partial charge on any atom is -0.299 e. The Morgan fingerprint density at radius 1 is 1.15 bits per heavy atom. The highest BCUT2D eigenvalue weighted by Crippen LogP contribution is 2.32. The Morgan fingerprint density at radius 2 is 1.96 bits per heavy atom. The molecule has 0 saturated heterocycles. The van der Waals surface area contributed by atoms with Crippen LogP contribution in [0.1, 0.15) is 0 Å². The van der Waals surface area contributed by atoms with Crippen molar-refractivity contribution in [2.24, 2.45) is 0 Å². The number of hydrogen-bond acceptors (Lipinski definition) is 7. The molecule has 0 saturated carbocycles. The normalized spacial score (nSPS) is 11.6. The fraction of sp³-hybridized carbons (Fsp3) is 0.118. The lowest BCUT2D eigenvalue weighted by Crippen LogP contribution is -2.25. The molecule has 0 amide bonds. The summed E-state index contributed by atoms with van der Waals surface area (Å²) < 4.78 is 27.0. The third kappa shape index (κ3) is 3.36. The Labute approximate surface area is 160 Å². The number of benzene rings is 1. The van der Waals surface area contributed by atoms with Gasteiger partial charge < -0.3 is 0 Å². The summed E-state index contributed by atoms with van der Waals surface area (Å²) in [7, 11) is -1.86. The molecule has 0 unspecified atom stereocenters. The van der Waals surface area contributed by atoms with E-state index in [0.717, 1.165) is 16.8 Å². The molecule has 0 bridgehead atoms. The van der Waals surface area contributed by atoms with Crippen LogP contribution in [-0.2, 0) is 10.0 Å². The Morgan fingerprint density at radius 3 is 2.70 bits per heavy atom. The van der Waals surface area contributed by atoms with E-state index in [1.54, 1.807) is 29.0 Å². The predicted molar refractivity (Wildman–Crippen MR) is 107 cm³/mol. The molecule has 0 spiro atoms. The summed E-state index contributed by atoms with van der Waals surface area (Å²) in [6.45, 7) is 0. The van der Waals surface area contributed by atoms with Crippen molar-refractivity contribution in [1.82, 2.24) is 19.6 Å². The number of para-hydroxylation sites is 1. The minimum atomic E-state index is -3.39. The van der Waals surface area contributed by atoms with E-state index in [1.807, 2.05) is 29.6 Å². The topological polar surface area (TPSA) is 92.5 Å². The van der Waals surface area contributed by atoms with Gasteiger partial charge in [-0.2, -0.15) is 0 Å². The zero-order chi connectivity index (χ0) is 19.0. The number of nitrogens with one attached hydrogen (secondary N) is 1. The molecule has 0 atom stereocenters. The SMILES string of the molecule is CN(c1ccccc1-c1ccc2cnc(Nc3nccs3)nn12)S(C)(=O)=O. The Bertz CT molecular complexity index is 1200. The van der Waals surface area contributed by atoms with Crippen LogP contribution in [-0.4, -0.2) is 41.3 Å². The third-order valence-electron chi connectivity index (χ3n) is 4.07. The van der Waals surface area contributed by atoms with Crippen LogP contribution in [0, 0.1) is 0 Å². The fourth-order valence-corrected chi connectivity index (χ4v) is 3.73. The summed E-state index contributed by atoms with van der Waals surface area (Å²) in [5.41, 5.74) is 2.89. The van der Waals surface area contributed by atoms with Crippen molar-refractivity contribution in [2.45, 2.75) is 0 Å². The molecule has 0 fully saturated rings. The highest BCUT2D eigenvalue weighted by molar-refractivity contribution is 7.92. The van der Waals surface area contributed by atoms with Gasteiger partial charge in [-0.25, -0.2) is 22.9 Å². The lowest BCUT2D eigenvalue weighted by molar-refractivity contribution is 0.600. The first-order valence-corrected chi connectivity index (χ1v) is 10.7. The fourth-order valence-electron chi connectivity index (χ4n) is 2.69. The smallest absolute Gasteiger partial charge is 0.247 e. The van der Waals surface area contributed by atoms with Gasteiger partial charge in [0.2, 0.25) is 16.0 Å². The van der Waals surface area contributed by atoms with E-state index in [9.17, 15) is 8.42 Å². The van der Waals surface area contributed by atoms with Crippen molar-refractivity contribution in [3.63, 3.8) is 0 Å². The van der Waals surface area contributed by atoms with E-state index in [2.05, 4.69) is 20.4 Å². The molecule has 10 heteroatoms. The van der Waals surface area contributed by atoms with E-state index >= 15 is 0 Å². The molecule has 0 radical (unpaired) electrons. The lowest BCUT2D eigenvalue weighted by atomic mass is 10.1. The Balaban J connectivity index is 1.83. The molecule has 0 aliphatic carbocycles. The number of rotatable bonds is 5. The van der Waals surface area contributed by atoms with Crippen LogP contribution in [0.25, 0.3) is 16.8 Å². The first-order chi connectivity index (χ1) is 12.9. The quantitative estimate of drug-likeness (QED) is 0.554. The number of hydrogen-bond donors (Lipinski definition) is 1. The molecule has 4 rings (SSSR count). The second-order valence-electron chi connectivity index (χ2n) is 5.85. The number of nitrogens with zero attached hydrogens (tertiary/aromatic N) is 5. The molecule has 27 heavy (non-hydrogen) atoms.